The number of hydrogen-bond acceptors (Lipinski definition) is 2. The number of rotatable bonds is 5. The zero-order chi connectivity index (χ0) is 15.2. The zero-order valence-electron chi connectivity index (χ0n) is 12.8. The standard InChI is InChI=1S/C17H24N2O2/c1-13(2)8-10-19-11-9-16(20)18-15(17(19)21)12-14-6-4-3-5-7-14/h3-7,13,15H,8-12H2,1-2H3,(H,18,20). The first-order chi connectivity index (χ1) is 10.1. The Bertz CT molecular complexity index is 485. The molecule has 0 spiro atoms. The Kier molecular flexibility index (Phi) is 5.37. The molecule has 1 N–H and O–H groups in total. The summed E-state index contributed by atoms with van der Waals surface area (Å²) in [6.45, 7) is 5.56. The third-order valence-electron chi connectivity index (χ3n) is 3.81. The molecule has 1 heterocycles. The number of benzene rings is 1. The number of hydrogen-bond donors (Lipinski definition) is 1. The molecule has 0 saturated carbocycles. The van der Waals surface area contributed by atoms with Crippen molar-refractivity contribution in [2.24, 2.45) is 5.92 Å². The average molecular weight is 288 g/mol. The normalized spacial score (nSPS) is 19.6. The Morgan fingerprint density at radius 2 is 1.95 bits per heavy atom. The maximum absolute atomic E-state index is 12.6. The topological polar surface area (TPSA) is 49.4 Å². The van der Waals surface area contributed by atoms with Gasteiger partial charge in [0.15, 0.2) is 0 Å². The second-order valence-corrected chi connectivity index (χ2v) is 6.07. The maximum atomic E-state index is 12.6. The van der Waals surface area contributed by atoms with Crippen LogP contribution in [0, 0.1) is 5.92 Å². The van der Waals surface area contributed by atoms with E-state index in [9.17, 15) is 9.59 Å². The second-order valence-electron chi connectivity index (χ2n) is 6.07. The fourth-order valence-electron chi connectivity index (χ4n) is 2.52. The van der Waals surface area contributed by atoms with Gasteiger partial charge in [0, 0.05) is 25.9 Å². The molecular formula is C17H24N2O2. The van der Waals surface area contributed by atoms with Gasteiger partial charge in [-0.2, -0.15) is 0 Å². The summed E-state index contributed by atoms with van der Waals surface area (Å²) in [5.74, 6) is 0.568. The van der Waals surface area contributed by atoms with Crippen molar-refractivity contribution >= 4 is 11.8 Å². The summed E-state index contributed by atoms with van der Waals surface area (Å²) < 4.78 is 0. The molecule has 2 amide bonds. The molecule has 0 radical (unpaired) electrons. The minimum atomic E-state index is -0.436. The lowest BCUT2D eigenvalue weighted by atomic mass is 10.0. The van der Waals surface area contributed by atoms with E-state index in [2.05, 4.69) is 19.2 Å². The molecule has 4 heteroatoms. The van der Waals surface area contributed by atoms with E-state index in [0.717, 1.165) is 18.5 Å². The molecule has 0 aliphatic carbocycles. The molecule has 1 aliphatic heterocycles. The molecule has 21 heavy (non-hydrogen) atoms. The predicted molar refractivity (Wildman–Crippen MR) is 82.7 cm³/mol. The Labute approximate surface area is 126 Å². The molecule has 2 rings (SSSR count). The van der Waals surface area contributed by atoms with E-state index in [1.807, 2.05) is 35.2 Å². The summed E-state index contributed by atoms with van der Waals surface area (Å²) in [6.07, 6.45) is 1.93. The van der Waals surface area contributed by atoms with E-state index in [1.165, 1.54) is 0 Å². The quantitative estimate of drug-likeness (QED) is 0.901. The highest BCUT2D eigenvalue weighted by molar-refractivity contribution is 5.90. The van der Waals surface area contributed by atoms with Crippen molar-refractivity contribution in [1.29, 1.82) is 0 Å². The van der Waals surface area contributed by atoms with Crippen LogP contribution in [0.3, 0.4) is 0 Å². The first-order valence-corrected chi connectivity index (χ1v) is 7.68. The molecule has 1 fully saturated rings. The van der Waals surface area contributed by atoms with Gasteiger partial charge in [-0.15, -0.1) is 0 Å². The van der Waals surface area contributed by atoms with Crippen molar-refractivity contribution in [1.82, 2.24) is 10.2 Å². The van der Waals surface area contributed by atoms with Gasteiger partial charge in [0.2, 0.25) is 11.8 Å². The summed E-state index contributed by atoms with van der Waals surface area (Å²) in [4.78, 5) is 26.3. The van der Waals surface area contributed by atoms with Crippen LogP contribution in [-0.4, -0.2) is 35.8 Å². The highest BCUT2D eigenvalue weighted by atomic mass is 16.2. The molecule has 114 valence electrons. The van der Waals surface area contributed by atoms with Crippen molar-refractivity contribution in [2.75, 3.05) is 13.1 Å². The van der Waals surface area contributed by atoms with Gasteiger partial charge in [-0.3, -0.25) is 9.59 Å². The van der Waals surface area contributed by atoms with Crippen LogP contribution < -0.4 is 5.32 Å². The summed E-state index contributed by atoms with van der Waals surface area (Å²) >= 11 is 0. The fraction of sp³-hybridized carbons (Fsp3) is 0.529. The van der Waals surface area contributed by atoms with Crippen LogP contribution in [-0.2, 0) is 16.0 Å². The van der Waals surface area contributed by atoms with Crippen molar-refractivity contribution in [3.05, 3.63) is 35.9 Å². The molecular weight excluding hydrogens is 264 g/mol. The van der Waals surface area contributed by atoms with Crippen LogP contribution in [0.5, 0.6) is 0 Å². The molecule has 1 aliphatic rings. The lowest BCUT2D eigenvalue weighted by molar-refractivity contribution is -0.133. The second kappa shape index (κ2) is 7.25. The van der Waals surface area contributed by atoms with Crippen LogP contribution in [0.4, 0.5) is 0 Å². The number of carbonyl (C=O) groups excluding carboxylic acids is 2. The van der Waals surface area contributed by atoms with Crippen molar-refractivity contribution < 1.29 is 9.59 Å². The zero-order valence-corrected chi connectivity index (χ0v) is 12.8. The van der Waals surface area contributed by atoms with Gasteiger partial charge < -0.3 is 10.2 Å². The van der Waals surface area contributed by atoms with E-state index >= 15 is 0 Å². The first kappa shape index (κ1) is 15.5. The van der Waals surface area contributed by atoms with Gasteiger partial charge in [-0.05, 0) is 17.9 Å². The summed E-state index contributed by atoms with van der Waals surface area (Å²) in [5, 5.41) is 2.86. The minimum absolute atomic E-state index is 0.0312. The van der Waals surface area contributed by atoms with Crippen LogP contribution in [0.15, 0.2) is 30.3 Å². The summed E-state index contributed by atoms with van der Waals surface area (Å²) in [7, 11) is 0. The monoisotopic (exact) mass is 288 g/mol. The SMILES string of the molecule is CC(C)CCN1CCC(=O)NC(Cc2ccccc2)C1=O. The molecule has 1 unspecified atom stereocenters. The molecule has 1 aromatic rings. The Morgan fingerprint density at radius 1 is 1.24 bits per heavy atom. The largest absolute Gasteiger partial charge is 0.344 e. The van der Waals surface area contributed by atoms with E-state index in [4.69, 9.17) is 0 Å². The van der Waals surface area contributed by atoms with Crippen LogP contribution in [0.1, 0.15) is 32.3 Å². The third kappa shape index (κ3) is 4.59. The Hall–Kier alpha value is -1.84. The number of nitrogens with zero attached hydrogens (tertiary/aromatic N) is 1. The van der Waals surface area contributed by atoms with Gasteiger partial charge in [0.1, 0.15) is 6.04 Å². The fourth-order valence-corrected chi connectivity index (χ4v) is 2.52. The maximum Gasteiger partial charge on any atom is 0.245 e. The molecule has 1 atom stereocenters. The van der Waals surface area contributed by atoms with Gasteiger partial charge in [-0.1, -0.05) is 44.2 Å². The summed E-state index contributed by atoms with van der Waals surface area (Å²) in [6, 6.07) is 9.40. The average Bonchev–Trinajstić information content (AvgIpc) is 2.58. The Balaban J connectivity index is 2.06. The van der Waals surface area contributed by atoms with Gasteiger partial charge in [-0.25, -0.2) is 0 Å². The minimum Gasteiger partial charge on any atom is -0.344 e. The van der Waals surface area contributed by atoms with Gasteiger partial charge >= 0.3 is 0 Å². The molecule has 4 nitrogen and oxygen atoms in total. The van der Waals surface area contributed by atoms with Crippen molar-refractivity contribution in [3.63, 3.8) is 0 Å². The first-order valence-electron chi connectivity index (χ1n) is 7.68. The molecule has 1 aromatic carbocycles. The van der Waals surface area contributed by atoms with Crippen LogP contribution in [0.2, 0.25) is 0 Å². The highest BCUT2D eigenvalue weighted by Gasteiger charge is 2.29. The summed E-state index contributed by atoms with van der Waals surface area (Å²) in [5.41, 5.74) is 1.07. The predicted octanol–water partition coefficient (Wildman–Crippen LogP) is 1.99. The lowest BCUT2D eigenvalue weighted by Gasteiger charge is -2.24. The molecule has 1 saturated heterocycles. The van der Waals surface area contributed by atoms with E-state index in [1.54, 1.807) is 0 Å². The highest BCUT2D eigenvalue weighted by Crippen LogP contribution is 2.12. The lowest BCUT2D eigenvalue weighted by Crippen LogP contribution is -2.46. The molecule has 0 aromatic heterocycles. The van der Waals surface area contributed by atoms with Crippen molar-refractivity contribution in [2.45, 2.75) is 39.2 Å². The number of amides is 2. The van der Waals surface area contributed by atoms with Crippen LogP contribution in [0.25, 0.3) is 0 Å². The van der Waals surface area contributed by atoms with E-state index < -0.39 is 6.04 Å². The van der Waals surface area contributed by atoms with Gasteiger partial charge in [0.25, 0.3) is 0 Å². The van der Waals surface area contributed by atoms with E-state index in [0.29, 0.717) is 25.3 Å². The number of carbonyl (C=O) groups is 2. The third-order valence-corrected chi connectivity index (χ3v) is 3.81. The molecule has 0 bridgehead atoms. The number of nitrogens with one attached hydrogen (secondary N) is 1. The van der Waals surface area contributed by atoms with Crippen LogP contribution >= 0.6 is 0 Å². The van der Waals surface area contributed by atoms with Crippen molar-refractivity contribution in [3.8, 4) is 0 Å². The van der Waals surface area contributed by atoms with Gasteiger partial charge in [0.05, 0.1) is 0 Å². The Morgan fingerprint density at radius 3 is 2.62 bits per heavy atom. The van der Waals surface area contributed by atoms with E-state index in [-0.39, 0.29) is 11.8 Å². The smallest absolute Gasteiger partial charge is 0.245 e.